The van der Waals surface area contributed by atoms with E-state index in [1.807, 2.05) is 18.2 Å². The first-order valence-electron chi connectivity index (χ1n) is 6.56. The van der Waals surface area contributed by atoms with E-state index in [-0.39, 0.29) is 0 Å². The Balaban J connectivity index is 1.88. The van der Waals surface area contributed by atoms with E-state index in [9.17, 15) is 0 Å². The van der Waals surface area contributed by atoms with E-state index >= 15 is 0 Å². The summed E-state index contributed by atoms with van der Waals surface area (Å²) in [4.78, 5) is 2.37. The zero-order chi connectivity index (χ0) is 13.8. The molecule has 0 fully saturated rings. The highest BCUT2D eigenvalue weighted by Gasteiger charge is 2.00. The molecule has 0 N–H and O–H groups in total. The van der Waals surface area contributed by atoms with Crippen molar-refractivity contribution in [3.8, 4) is 22.3 Å². The van der Waals surface area contributed by atoms with Gasteiger partial charge in [0.25, 0.3) is 0 Å². The fourth-order valence-electron chi connectivity index (χ4n) is 2.00. The molecule has 0 amide bonds. The van der Waals surface area contributed by atoms with Crippen LogP contribution in [0.5, 0.6) is 0 Å². The number of thiophene rings is 1. The Kier molecular flexibility index (Phi) is 3.67. The fourth-order valence-corrected chi connectivity index (χ4v) is 2.87. The number of hydrogen-bond acceptors (Lipinski definition) is 1. The van der Waals surface area contributed by atoms with Crippen LogP contribution < -0.4 is 0 Å². The van der Waals surface area contributed by atoms with Gasteiger partial charge >= 0.3 is 0 Å². The Bertz CT molecular complexity index is 770. The minimum atomic E-state index is 1.10. The summed E-state index contributed by atoms with van der Waals surface area (Å²) >= 11 is 1.74. The molecule has 0 saturated carbocycles. The molecule has 1 aromatic heterocycles. The first kappa shape index (κ1) is 12.7. The van der Waals surface area contributed by atoms with Crippen molar-refractivity contribution in [3.05, 3.63) is 82.7 Å². The Hall–Kier alpha value is -2.30. The second-order valence-corrected chi connectivity index (χ2v) is 5.68. The van der Waals surface area contributed by atoms with Crippen LogP contribution in [0.4, 0.5) is 0 Å². The molecular formula is C19H14S. The van der Waals surface area contributed by atoms with Gasteiger partial charge in [0.2, 0.25) is 0 Å². The van der Waals surface area contributed by atoms with Gasteiger partial charge in [0, 0.05) is 10.4 Å². The van der Waals surface area contributed by atoms with Crippen LogP contribution in [0, 0.1) is 18.8 Å². The number of rotatable bonds is 1. The summed E-state index contributed by atoms with van der Waals surface area (Å²) in [5, 5.41) is 0. The molecule has 1 heteroatoms. The maximum atomic E-state index is 3.26. The van der Waals surface area contributed by atoms with Gasteiger partial charge in [0.05, 0.1) is 4.88 Å². The molecular weight excluding hydrogens is 260 g/mol. The zero-order valence-corrected chi connectivity index (χ0v) is 12.1. The van der Waals surface area contributed by atoms with Crippen LogP contribution in [-0.2, 0) is 0 Å². The monoisotopic (exact) mass is 274 g/mol. The Morgan fingerprint density at radius 2 is 1.50 bits per heavy atom. The molecule has 0 aliphatic carbocycles. The Morgan fingerprint density at radius 3 is 2.30 bits per heavy atom. The standard InChI is InChI=1S/C19H14S/c1-15-7-5-6-8-16(15)11-12-18-13-14-19(20-18)17-9-3-2-4-10-17/h2-10,13-14H,1H3. The first-order chi connectivity index (χ1) is 9.83. The molecule has 2 aromatic carbocycles. The topological polar surface area (TPSA) is 0 Å². The van der Waals surface area contributed by atoms with Gasteiger partial charge in [-0.1, -0.05) is 60.4 Å². The zero-order valence-electron chi connectivity index (χ0n) is 11.3. The molecule has 0 radical (unpaired) electrons. The number of benzene rings is 2. The predicted molar refractivity (Wildman–Crippen MR) is 86.9 cm³/mol. The highest BCUT2D eigenvalue weighted by atomic mass is 32.1. The lowest BCUT2D eigenvalue weighted by Crippen LogP contribution is -1.79. The number of aryl methyl sites for hydroxylation is 1. The quantitative estimate of drug-likeness (QED) is 0.540. The second-order valence-electron chi connectivity index (χ2n) is 4.59. The first-order valence-corrected chi connectivity index (χ1v) is 7.37. The molecule has 0 bridgehead atoms. The van der Waals surface area contributed by atoms with E-state index in [2.05, 4.69) is 67.3 Å². The summed E-state index contributed by atoms with van der Waals surface area (Å²) in [5.74, 6) is 6.51. The van der Waals surface area contributed by atoms with Crippen molar-refractivity contribution in [2.75, 3.05) is 0 Å². The van der Waals surface area contributed by atoms with Gasteiger partial charge in [0.15, 0.2) is 0 Å². The lowest BCUT2D eigenvalue weighted by molar-refractivity contribution is 1.44. The van der Waals surface area contributed by atoms with Gasteiger partial charge < -0.3 is 0 Å². The van der Waals surface area contributed by atoms with Crippen LogP contribution in [0.25, 0.3) is 10.4 Å². The lowest BCUT2D eigenvalue weighted by Gasteiger charge is -1.94. The van der Waals surface area contributed by atoms with Crippen molar-refractivity contribution in [3.63, 3.8) is 0 Å². The smallest absolute Gasteiger partial charge is 0.0778 e. The average Bonchev–Trinajstić information content (AvgIpc) is 2.96. The van der Waals surface area contributed by atoms with E-state index in [1.165, 1.54) is 16.0 Å². The number of hydrogen-bond donors (Lipinski definition) is 0. The summed E-state index contributed by atoms with van der Waals surface area (Å²) in [6, 6.07) is 22.9. The average molecular weight is 274 g/mol. The third kappa shape index (κ3) is 2.82. The van der Waals surface area contributed by atoms with E-state index in [4.69, 9.17) is 0 Å². The normalized spacial score (nSPS) is 9.85. The highest BCUT2D eigenvalue weighted by Crippen LogP contribution is 2.27. The summed E-state index contributed by atoms with van der Waals surface area (Å²) in [7, 11) is 0. The van der Waals surface area contributed by atoms with E-state index in [1.54, 1.807) is 11.3 Å². The maximum Gasteiger partial charge on any atom is 0.0778 e. The van der Waals surface area contributed by atoms with E-state index in [0.717, 1.165) is 10.4 Å². The third-order valence-electron chi connectivity index (χ3n) is 3.13. The molecule has 0 nitrogen and oxygen atoms in total. The molecule has 96 valence electrons. The van der Waals surface area contributed by atoms with Crippen molar-refractivity contribution < 1.29 is 0 Å². The van der Waals surface area contributed by atoms with Crippen molar-refractivity contribution in [2.45, 2.75) is 6.92 Å². The molecule has 3 aromatic rings. The van der Waals surface area contributed by atoms with Crippen molar-refractivity contribution >= 4 is 11.3 Å². The van der Waals surface area contributed by atoms with Gasteiger partial charge in [-0.05, 0) is 36.2 Å². The Morgan fingerprint density at radius 1 is 0.750 bits per heavy atom. The van der Waals surface area contributed by atoms with Gasteiger partial charge in [-0.25, -0.2) is 0 Å². The molecule has 20 heavy (non-hydrogen) atoms. The van der Waals surface area contributed by atoms with Gasteiger partial charge in [-0.3, -0.25) is 0 Å². The molecule has 0 aliphatic rings. The van der Waals surface area contributed by atoms with Crippen molar-refractivity contribution in [1.82, 2.24) is 0 Å². The van der Waals surface area contributed by atoms with Gasteiger partial charge in [0.1, 0.15) is 0 Å². The van der Waals surface area contributed by atoms with Crippen LogP contribution in [0.1, 0.15) is 16.0 Å². The lowest BCUT2D eigenvalue weighted by atomic mass is 10.1. The van der Waals surface area contributed by atoms with Crippen LogP contribution in [-0.4, -0.2) is 0 Å². The molecule has 1 heterocycles. The Labute approximate surface area is 123 Å². The fraction of sp³-hybridized carbons (Fsp3) is 0.0526. The summed E-state index contributed by atoms with van der Waals surface area (Å²) in [6.07, 6.45) is 0. The molecule has 0 aliphatic heterocycles. The summed E-state index contributed by atoms with van der Waals surface area (Å²) in [5.41, 5.74) is 3.57. The SMILES string of the molecule is Cc1ccccc1C#Cc1ccc(-c2ccccc2)s1. The third-order valence-corrected chi connectivity index (χ3v) is 4.18. The molecule has 3 rings (SSSR count). The largest absolute Gasteiger partial charge is 0.127 e. The molecule has 0 saturated heterocycles. The van der Waals surface area contributed by atoms with Crippen molar-refractivity contribution in [1.29, 1.82) is 0 Å². The molecule has 0 unspecified atom stereocenters. The van der Waals surface area contributed by atoms with Crippen LogP contribution >= 0.6 is 11.3 Å². The summed E-state index contributed by atoms with van der Waals surface area (Å²) < 4.78 is 0. The van der Waals surface area contributed by atoms with Gasteiger partial charge in [-0.2, -0.15) is 0 Å². The van der Waals surface area contributed by atoms with Gasteiger partial charge in [-0.15, -0.1) is 11.3 Å². The van der Waals surface area contributed by atoms with Crippen LogP contribution in [0.2, 0.25) is 0 Å². The molecule has 0 spiro atoms. The van der Waals surface area contributed by atoms with Crippen molar-refractivity contribution in [2.24, 2.45) is 0 Å². The molecule has 0 atom stereocenters. The van der Waals surface area contributed by atoms with E-state index < -0.39 is 0 Å². The predicted octanol–water partition coefficient (Wildman–Crippen LogP) is 5.12. The van der Waals surface area contributed by atoms with Crippen LogP contribution in [0.3, 0.4) is 0 Å². The minimum Gasteiger partial charge on any atom is -0.127 e. The van der Waals surface area contributed by atoms with Crippen LogP contribution in [0.15, 0.2) is 66.7 Å². The maximum absolute atomic E-state index is 3.26. The van der Waals surface area contributed by atoms with E-state index in [0.29, 0.717) is 0 Å². The summed E-state index contributed by atoms with van der Waals surface area (Å²) in [6.45, 7) is 2.09. The second kappa shape index (κ2) is 5.77. The highest BCUT2D eigenvalue weighted by molar-refractivity contribution is 7.16. The minimum absolute atomic E-state index is 1.10.